The SMILES string of the molecule is NCC1(N2CCCC2)CCCOCC1. The van der Waals surface area contributed by atoms with E-state index >= 15 is 0 Å². The Hall–Kier alpha value is -0.120. The van der Waals surface area contributed by atoms with Crippen molar-refractivity contribution in [2.24, 2.45) is 5.73 Å². The molecule has 82 valence electrons. The van der Waals surface area contributed by atoms with Crippen LogP contribution in [0.4, 0.5) is 0 Å². The maximum Gasteiger partial charge on any atom is 0.0484 e. The highest BCUT2D eigenvalue weighted by Gasteiger charge is 2.37. The molecule has 0 aromatic carbocycles. The Morgan fingerprint density at radius 2 is 1.86 bits per heavy atom. The maximum atomic E-state index is 5.99. The summed E-state index contributed by atoms with van der Waals surface area (Å²) in [6.07, 6.45) is 6.23. The van der Waals surface area contributed by atoms with E-state index in [1.54, 1.807) is 0 Å². The molecule has 2 heterocycles. The maximum absolute atomic E-state index is 5.99. The Balaban J connectivity index is 2.04. The third-order valence-corrected chi connectivity index (χ3v) is 3.80. The quantitative estimate of drug-likeness (QED) is 0.719. The molecule has 2 rings (SSSR count). The van der Waals surface area contributed by atoms with Crippen molar-refractivity contribution >= 4 is 0 Å². The van der Waals surface area contributed by atoms with E-state index in [1.165, 1.54) is 38.8 Å². The number of nitrogens with zero attached hydrogens (tertiary/aromatic N) is 1. The predicted octanol–water partition coefficient (Wildman–Crippen LogP) is 0.980. The average Bonchev–Trinajstić information content (AvgIpc) is 2.64. The fourth-order valence-electron chi connectivity index (χ4n) is 2.83. The minimum Gasteiger partial charge on any atom is -0.381 e. The molecule has 0 bridgehead atoms. The van der Waals surface area contributed by atoms with E-state index in [4.69, 9.17) is 10.5 Å². The van der Waals surface area contributed by atoms with Gasteiger partial charge in [-0.05, 0) is 45.2 Å². The second-order valence-corrected chi connectivity index (χ2v) is 4.59. The van der Waals surface area contributed by atoms with Gasteiger partial charge < -0.3 is 10.5 Å². The van der Waals surface area contributed by atoms with Crippen LogP contribution in [0.25, 0.3) is 0 Å². The average molecular weight is 198 g/mol. The van der Waals surface area contributed by atoms with Crippen molar-refractivity contribution < 1.29 is 4.74 Å². The summed E-state index contributed by atoms with van der Waals surface area (Å²) in [5.74, 6) is 0. The first-order valence-electron chi connectivity index (χ1n) is 5.90. The summed E-state index contributed by atoms with van der Waals surface area (Å²) < 4.78 is 5.53. The minimum absolute atomic E-state index is 0.271. The summed E-state index contributed by atoms with van der Waals surface area (Å²) in [6.45, 7) is 5.12. The van der Waals surface area contributed by atoms with Crippen LogP contribution in [-0.2, 0) is 4.74 Å². The molecule has 2 saturated heterocycles. The van der Waals surface area contributed by atoms with Crippen molar-refractivity contribution in [1.29, 1.82) is 0 Å². The van der Waals surface area contributed by atoms with Gasteiger partial charge in [0, 0.05) is 25.3 Å². The van der Waals surface area contributed by atoms with E-state index in [-0.39, 0.29) is 5.54 Å². The van der Waals surface area contributed by atoms with Crippen LogP contribution in [0.5, 0.6) is 0 Å². The van der Waals surface area contributed by atoms with Crippen LogP contribution >= 0.6 is 0 Å². The minimum atomic E-state index is 0.271. The van der Waals surface area contributed by atoms with E-state index in [0.717, 1.165) is 26.2 Å². The van der Waals surface area contributed by atoms with Crippen LogP contribution in [0.1, 0.15) is 32.1 Å². The van der Waals surface area contributed by atoms with E-state index in [1.807, 2.05) is 0 Å². The molecule has 0 aromatic heterocycles. The fourth-order valence-corrected chi connectivity index (χ4v) is 2.83. The second-order valence-electron chi connectivity index (χ2n) is 4.59. The molecule has 0 aliphatic carbocycles. The summed E-state index contributed by atoms with van der Waals surface area (Å²) in [5, 5.41) is 0. The molecule has 0 radical (unpaired) electrons. The van der Waals surface area contributed by atoms with E-state index in [2.05, 4.69) is 4.90 Å². The Morgan fingerprint density at radius 3 is 2.57 bits per heavy atom. The van der Waals surface area contributed by atoms with Crippen LogP contribution in [0, 0.1) is 0 Å². The molecule has 1 atom stereocenters. The van der Waals surface area contributed by atoms with Gasteiger partial charge >= 0.3 is 0 Å². The lowest BCUT2D eigenvalue weighted by Gasteiger charge is -2.40. The summed E-state index contributed by atoms with van der Waals surface area (Å²) in [6, 6.07) is 0. The van der Waals surface area contributed by atoms with E-state index in [0.29, 0.717) is 0 Å². The Labute approximate surface area is 86.6 Å². The molecule has 14 heavy (non-hydrogen) atoms. The van der Waals surface area contributed by atoms with Crippen molar-refractivity contribution in [2.75, 3.05) is 32.8 Å². The first kappa shape index (κ1) is 10.4. The Bertz CT molecular complexity index is 170. The number of nitrogens with two attached hydrogens (primary N) is 1. The first-order valence-corrected chi connectivity index (χ1v) is 5.90. The summed E-state index contributed by atoms with van der Waals surface area (Å²) in [7, 11) is 0. The molecule has 2 N–H and O–H groups in total. The highest BCUT2D eigenvalue weighted by Crippen LogP contribution is 2.30. The topological polar surface area (TPSA) is 38.5 Å². The molecule has 0 amide bonds. The second kappa shape index (κ2) is 4.60. The molecule has 2 aliphatic heterocycles. The van der Waals surface area contributed by atoms with Gasteiger partial charge in [-0.15, -0.1) is 0 Å². The smallest absolute Gasteiger partial charge is 0.0484 e. The molecule has 3 heteroatoms. The fraction of sp³-hybridized carbons (Fsp3) is 1.00. The monoisotopic (exact) mass is 198 g/mol. The summed E-state index contributed by atoms with van der Waals surface area (Å²) in [4.78, 5) is 2.61. The van der Waals surface area contributed by atoms with Crippen LogP contribution in [0.3, 0.4) is 0 Å². The van der Waals surface area contributed by atoms with Gasteiger partial charge in [0.25, 0.3) is 0 Å². The van der Waals surface area contributed by atoms with E-state index < -0.39 is 0 Å². The largest absolute Gasteiger partial charge is 0.381 e. The van der Waals surface area contributed by atoms with E-state index in [9.17, 15) is 0 Å². The standard InChI is InChI=1S/C11H22N2O/c12-10-11(13-6-1-2-7-13)4-3-8-14-9-5-11/h1-10,12H2. The number of hydrogen-bond acceptors (Lipinski definition) is 3. The van der Waals surface area contributed by atoms with Crippen molar-refractivity contribution in [3.63, 3.8) is 0 Å². The van der Waals surface area contributed by atoms with Gasteiger partial charge in [-0.2, -0.15) is 0 Å². The molecule has 1 unspecified atom stereocenters. The van der Waals surface area contributed by atoms with Gasteiger partial charge in [-0.3, -0.25) is 4.90 Å². The lowest BCUT2D eigenvalue weighted by atomic mass is 9.89. The number of likely N-dealkylation sites (tertiary alicyclic amines) is 1. The molecule has 3 nitrogen and oxygen atoms in total. The van der Waals surface area contributed by atoms with Gasteiger partial charge in [0.1, 0.15) is 0 Å². The number of hydrogen-bond donors (Lipinski definition) is 1. The molecular weight excluding hydrogens is 176 g/mol. The molecule has 2 aliphatic rings. The van der Waals surface area contributed by atoms with Crippen LogP contribution in [0.2, 0.25) is 0 Å². The van der Waals surface area contributed by atoms with Gasteiger partial charge in [0.2, 0.25) is 0 Å². The predicted molar refractivity (Wildman–Crippen MR) is 57.3 cm³/mol. The van der Waals surface area contributed by atoms with Gasteiger partial charge in [-0.25, -0.2) is 0 Å². The highest BCUT2D eigenvalue weighted by atomic mass is 16.5. The molecule has 0 spiro atoms. The van der Waals surface area contributed by atoms with Crippen molar-refractivity contribution in [3.8, 4) is 0 Å². The summed E-state index contributed by atoms with van der Waals surface area (Å²) in [5.41, 5.74) is 6.26. The normalized spacial score (nSPS) is 35.8. The van der Waals surface area contributed by atoms with Crippen LogP contribution in [-0.4, -0.2) is 43.3 Å². The zero-order valence-electron chi connectivity index (χ0n) is 9.00. The summed E-state index contributed by atoms with van der Waals surface area (Å²) >= 11 is 0. The van der Waals surface area contributed by atoms with Gasteiger partial charge in [0.05, 0.1) is 0 Å². The van der Waals surface area contributed by atoms with Crippen molar-refractivity contribution in [3.05, 3.63) is 0 Å². The van der Waals surface area contributed by atoms with Crippen LogP contribution < -0.4 is 5.73 Å². The number of rotatable bonds is 2. The lowest BCUT2D eigenvalue weighted by Crippen LogP contribution is -2.52. The Kier molecular flexibility index (Phi) is 3.42. The number of ether oxygens (including phenoxy) is 1. The third-order valence-electron chi connectivity index (χ3n) is 3.80. The zero-order chi connectivity index (χ0) is 9.86. The molecule has 0 aromatic rings. The highest BCUT2D eigenvalue weighted by molar-refractivity contribution is 4.94. The Morgan fingerprint density at radius 1 is 1.07 bits per heavy atom. The molecule has 2 fully saturated rings. The molecular formula is C11H22N2O. The zero-order valence-corrected chi connectivity index (χ0v) is 9.00. The van der Waals surface area contributed by atoms with Crippen LogP contribution in [0.15, 0.2) is 0 Å². The van der Waals surface area contributed by atoms with Gasteiger partial charge in [-0.1, -0.05) is 0 Å². The van der Waals surface area contributed by atoms with Crippen molar-refractivity contribution in [1.82, 2.24) is 4.90 Å². The third kappa shape index (κ3) is 1.95. The first-order chi connectivity index (χ1) is 6.87. The van der Waals surface area contributed by atoms with Crippen molar-refractivity contribution in [2.45, 2.75) is 37.6 Å². The lowest BCUT2D eigenvalue weighted by molar-refractivity contribution is 0.0877. The van der Waals surface area contributed by atoms with Gasteiger partial charge in [0.15, 0.2) is 0 Å². The molecule has 0 saturated carbocycles.